The molecule has 0 N–H and O–H groups in total. The van der Waals surface area contributed by atoms with Crippen LogP contribution < -0.4 is 0 Å². The summed E-state index contributed by atoms with van der Waals surface area (Å²) in [6.45, 7) is 3.93. The second-order valence-electron chi connectivity index (χ2n) is 4.80. The molecule has 5 heteroatoms. The third-order valence-corrected chi connectivity index (χ3v) is 3.64. The summed E-state index contributed by atoms with van der Waals surface area (Å²) in [5.74, 6) is -0.344. The summed E-state index contributed by atoms with van der Waals surface area (Å²) in [5.41, 5.74) is -0.650. The van der Waals surface area contributed by atoms with Crippen LogP contribution in [-0.2, 0) is 6.18 Å². The fraction of sp³-hybridized carbons (Fsp3) is 0.533. The number of carbonyl (C=O) groups is 1. The first-order valence-electron chi connectivity index (χ1n) is 6.72. The van der Waals surface area contributed by atoms with E-state index in [4.69, 9.17) is 11.6 Å². The van der Waals surface area contributed by atoms with Crippen LogP contribution in [0, 0.1) is 5.92 Å². The predicted octanol–water partition coefficient (Wildman–Crippen LogP) is 5.76. The number of hydrogen-bond acceptors (Lipinski definition) is 1. The molecule has 0 bridgehead atoms. The van der Waals surface area contributed by atoms with Crippen LogP contribution in [0.5, 0.6) is 0 Å². The number of alkyl halides is 3. The van der Waals surface area contributed by atoms with Gasteiger partial charge in [-0.3, -0.25) is 4.79 Å². The van der Waals surface area contributed by atoms with Gasteiger partial charge in [0.1, 0.15) is 0 Å². The largest absolute Gasteiger partial charge is 0.416 e. The summed E-state index contributed by atoms with van der Waals surface area (Å²) in [6, 6.07) is 2.91. The molecular weight excluding hydrogens is 289 g/mol. The van der Waals surface area contributed by atoms with E-state index in [1.807, 2.05) is 13.8 Å². The minimum absolute atomic E-state index is 0.125. The van der Waals surface area contributed by atoms with E-state index in [2.05, 4.69) is 0 Å². The van der Waals surface area contributed by atoms with Crippen molar-refractivity contribution in [1.29, 1.82) is 0 Å². The number of ketones is 1. The van der Waals surface area contributed by atoms with Crippen LogP contribution in [0.15, 0.2) is 18.2 Å². The molecule has 0 fully saturated rings. The average Bonchev–Trinajstić information content (AvgIpc) is 2.38. The van der Waals surface area contributed by atoms with E-state index in [0.717, 1.165) is 31.4 Å². The second-order valence-corrected chi connectivity index (χ2v) is 5.21. The molecule has 0 saturated heterocycles. The summed E-state index contributed by atoms with van der Waals surface area (Å²) >= 11 is 5.84. The van der Waals surface area contributed by atoms with Crippen LogP contribution in [0.1, 0.15) is 55.5 Å². The van der Waals surface area contributed by atoms with Gasteiger partial charge in [-0.1, -0.05) is 38.3 Å². The first-order valence-corrected chi connectivity index (χ1v) is 7.10. The number of rotatable bonds is 6. The maximum atomic E-state index is 12.5. The van der Waals surface area contributed by atoms with Crippen molar-refractivity contribution in [2.75, 3.05) is 0 Å². The van der Waals surface area contributed by atoms with Crippen molar-refractivity contribution >= 4 is 17.4 Å². The molecule has 20 heavy (non-hydrogen) atoms. The topological polar surface area (TPSA) is 17.1 Å². The predicted molar refractivity (Wildman–Crippen MR) is 74.1 cm³/mol. The number of Topliss-reactive ketones (excluding diaryl/α,β-unsaturated/α-hetero) is 1. The molecule has 0 aliphatic rings. The number of hydrogen-bond donors (Lipinski definition) is 0. The van der Waals surface area contributed by atoms with Gasteiger partial charge in [0, 0.05) is 11.5 Å². The lowest BCUT2D eigenvalue weighted by Crippen LogP contribution is -2.15. The molecule has 1 rings (SSSR count). The number of benzene rings is 1. The molecular formula is C15H18ClF3O. The Bertz CT molecular complexity index is 469. The Morgan fingerprint density at radius 1 is 1.30 bits per heavy atom. The SMILES string of the molecule is CCCCC(CC)C(=O)c1ccc(C(F)(F)F)cc1Cl. The van der Waals surface area contributed by atoms with Crippen LogP contribution in [0.2, 0.25) is 5.02 Å². The van der Waals surface area contributed by atoms with Crippen molar-refractivity contribution in [3.05, 3.63) is 34.3 Å². The standard InChI is InChI=1S/C15H18ClF3O/c1-3-5-6-10(4-2)14(20)12-8-7-11(9-13(12)16)15(17,18)19/h7-10H,3-6H2,1-2H3. The van der Waals surface area contributed by atoms with Crippen molar-refractivity contribution in [3.63, 3.8) is 0 Å². The highest BCUT2D eigenvalue weighted by Gasteiger charge is 2.31. The smallest absolute Gasteiger partial charge is 0.294 e. The molecule has 1 unspecified atom stereocenters. The van der Waals surface area contributed by atoms with Gasteiger partial charge < -0.3 is 0 Å². The van der Waals surface area contributed by atoms with Gasteiger partial charge in [-0.2, -0.15) is 13.2 Å². The molecule has 0 heterocycles. The first-order chi connectivity index (χ1) is 9.31. The fourth-order valence-corrected chi connectivity index (χ4v) is 2.36. The minimum atomic E-state index is -4.45. The van der Waals surface area contributed by atoms with Crippen LogP contribution in [0.3, 0.4) is 0 Å². The average molecular weight is 307 g/mol. The van der Waals surface area contributed by atoms with E-state index in [9.17, 15) is 18.0 Å². The van der Waals surface area contributed by atoms with Gasteiger partial charge in [-0.25, -0.2) is 0 Å². The van der Waals surface area contributed by atoms with Crippen LogP contribution >= 0.6 is 11.6 Å². The molecule has 112 valence electrons. The van der Waals surface area contributed by atoms with Gasteiger partial charge in [-0.15, -0.1) is 0 Å². The summed E-state index contributed by atoms with van der Waals surface area (Å²) in [4.78, 5) is 12.3. The maximum absolute atomic E-state index is 12.5. The number of carbonyl (C=O) groups excluding carboxylic acids is 1. The summed E-state index contributed by atoms with van der Waals surface area (Å²) < 4.78 is 37.6. The third kappa shape index (κ3) is 4.23. The molecule has 0 aliphatic heterocycles. The van der Waals surface area contributed by atoms with E-state index in [-0.39, 0.29) is 22.3 Å². The summed E-state index contributed by atoms with van der Waals surface area (Å²) in [5, 5.41) is -0.125. The maximum Gasteiger partial charge on any atom is 0.416 e. The third-order valence-electron chi connectivity index (χ3n) is 3.33. The van der Waals surface area contributed by atoms with Crippen LogP contribution in [0.4, 0.5) is 13.2 Å². The number of halogens is 4. The Hall–Kier alpha value is -1.03. The molecule has 0 saturated carbocycles. The molecule has 1 nitrogen and oxygen atoms in total. The lowest BCUT2D eigenvalue weighted by atomic mass is 9.90. The van der Waals surface area contributed by atoms with E-state index in [0.29, 0.717) is 6.42 Å². The monoisotopic (exact) mass is 306 g/mol. The Morgan fingerprint density at radius 3 is 2.40 bits per heavy atom. The van der Waals surface area contributed by atoms with Gasteiger partial charge >= 0.3 is 6.18 Å². The van der Waals surface area contributed by atoms with Gasteiger partial charge in [0.05, 0.1) is 10.6 Å². The quantitative estimate of drug-likeness (QED) is 0.611. The molecule has 1 aromatic rings. The molecule has 0 amide bonds. The van der Waals surface area contributed by atoms with Gasteiger partial charge in [0.2, 0.25) is 0 Å². The Morgan fingerprint density at radius 2 is 1.95 bits per heavy atom. The summed E-state index contributed by atoms with van der Waals surface area (Å²) in [7, 11) is 0. The molecule has 0 spiro atoms. The molecule has 0 radical (unpaired) electrons. The van der Waals surface area contributed by atoms with Crippen molar-refractivity contribution in [2.24, 2.45) is 5.92 Å². The molecule has 0 aliphatic carbocycles. The zero-order valence-corrected chi connectivity index (χ0v) is 12.3. The highest BCUT2D eigenvalue weighted by Crippen LogP contribution is 2.33. The summed E-state index contributed by atoms with van der Waals surface area (Å²) in [6.07, 6.45) is -1.15. The molecule has 1 aromatic carbocycles. The zero-order valence-electron chi connectivity index (χ0n) is 11.6. The second kappa shape index (κ2) is 7.11. The molecule has 1 atom stereocenters. The van der Waals surface area contributed by atoms with E-state index in [1.165, 1.54) is 6.07 Å². The van der Waals surface area contributed by atoms with E-state index < -0.39 is 11.7 Å². The van der Waals surface area contributed by atoms with Crippen LogP contribution in [-0.4, -0.2) is 5.78 Å². The Balaban J connectivity index is 2.99. The van der Waals surface area contributed by atoms with Crippen molar-refractivity contribution in [3.8, 4) is 0 Å². The highest BCUT2D eigenvalue weighted by molar-refractivity contribution is 6.34. The van der Waals surface area contributed by atoms with Gasteiger partial charge in [0.15, 0.2) is 5.78 Å². The van der Waals surface area contributed by atoms with E-state index >= 15 is 0 Å². The first kappa shape index (κ1) is 17.0. The Labute approximate surface area is 122 Å². The fourth-order valence-electron chi connectivity index (χ4n) is 2.08. The van der Waals surface area contributed by atoms with Gasteiger partial charge in [0.25, 0.3) is 0 Å². The highest BCUT2D eigenvalue weighted by atomic mass is 35.5. The van der Waals surface area contributed by atoms with Crippen molar-refractivity contribution in [2.45, 2.75) is 45.7 Å². The number of unbranched alkanes of at least 4 members (excludes halogenated alkanes) is 1. The lowest BCUT2D eigenvalue weighted by molar-refractivity contribution is -0.137. The van der Waals surface area contributed by atoms with Crippen molar-refractivity contribution < 1.29 is 18.0 Å². The van der Waals surface area contributed by atoms with E-state index in [1.54, 1.807) is 0 Å². The Kier molecular flexibility index (Phi) is 6.06. The molecule has 0 aromatic heterocycles. The van der Waals surface area contributed by atoms with Gasteiger partial charge in [-0.05, 0) is 31.0 Å². The zero-order chi connectivity index (χ0) is 15.3. The normalized spacial score (nSPS) is 13.3. The van der Waals surface area contributed by atoms with Crippen LogP contribution in [0.25, 0.3) is 0 Å². The lowest BCUT2D eigenvalue weighted by Gasteiger charge is -2.15. The minimum Gasteiger partial charge on any atom is -0.294 e. The van der Waals surface area contributed by atoms with Crippen molar-refractivity contribution in [1.82, 2.24) is 0 Å².